The molecule has 0 saturated heterocycles. The van der Waals surface area contributed by atoms with Crippen LogP contribution in [0.25, 0.3) is 16.8 Å². The summed E-state index contributed by atoms with van der Waals surface area (Å²) in [5, 5.41) is 12.1. The highest BCUT2D eigenvalue weighted by Gasteiger charge is 2.16. The molecule has 3 aromatic rings. The lowest BCUT2D eigenvalue weighted by Crippen LogP contribution is -2.19. The zero-order valence-electron chi connectivity index (χ0n) is 11.1. The number of hydrogen-bond donors (Lipinski definition) is 1. The van der Waals surface area contributed by atoms with Crippen LogP contribution in [0.3, 0.4) is 0 Å². The summed E-state index contributed by atoms with van der Waals surface area (Å²) in [7, 11) is 0. The summed E-state index contributed by atoms with van der Waals surface area (Å²) in [5.41, 5.74) is 3.23. The van der Waals surface area contributed by atoms with Crippen LogP contribution in [0, 0.1) is 25.2 Å². The Labute approximate surface area is 115 Å². The van der Waals surface area contributed by atoms with E-state index < -0.39 is 0 Å². The molecule has 1 aromatic carbocycles. The van der Waals surface area contributed by atoms with Crippen molar-refractivity contribution < 1.29 is 0 Å². The Balaban J connectivity index is 2.43. The van der Waals surface area contributed by atoms with Gasteiger partial charge in [0.2, 0.25) is 0 Å². The standard InChI is InChI=1S/C15H12N4O/c1-9-12(8-16)14-17-10(2)13(15(20)19(14)18-9)11-6-4-3-5-7-11/h3-7,18H,1-2H3. The second kappa shape index (κ2) is 4.35. The Morgan fingerprint density at radius 3 is 2.60 bits per heavy atom. The number of nitrogens with one attached hydrogen (secondary N) is 1. The third-order valence-corrected chi connectivity index (χ3v) is 3.32. The van der Waals surface area contributed by atoms with E-state index in [9.17, 15) is 4.79 Å². The van der Waals surface area contributed by atoms with Crippen LogP contribution in [0.5, 0.6) is 0 Å². The molecular weight excluding hydrogens is 252 g/mol. The maximum Gasteiger partial charge on any atom is 0.280 e. The molecule has 5 nitrogen and oxygen atoms in total. The van der Waals surface area contributed by atoms with Gasteiger partial charge in [0.15, 0.2) is 5.65 Å². The fourth-order valence-electron chi connectivity index (χ4n) is 2.36. The van der Waals surface area contributed by atoms with Gasteiger partial charge in [0.25, 0.3) is 5.56 Å². The molecule has 2 heterocycles. The third kappa shape index (κ3) is 1.62. The monoisotopic (exact) mass is 264 g/mol. The molecule has 0 radical (unpaired) electrons. The number of aryl methyl sites for hydroxylation is 2. The van der Waals surface area contributed by atoms with Gasteiger partial charge in [-0.1, -0.05) is 30.3 Å². The number of nitrogens with zero attached hydrogens (tertiary/aromatic N) is 3. The maximum atomic E-state index is 12.6. The van der Waals surface area contributed by atoms with Crippen molar-refractivity contribution in [3.8, 4) is 17.2 Å². The van der Waals surface area contributed by atoms with Crippen LogP contribution >= 0.6 is 0 Å². The average molecular weight is 264 g/mol. The predicted octanol–water partition coefficient (Wildman–Crippen LogP) is 2.18. The zero-order valence-corrected chi connectivity index (χ0v) is 11.1. The Kier molecular flexibility index (Phi) is 2.65. The predicted molar refractivity (Wildman–Crippen MR) is 75.4 cm³/mol. The molecule has 0 amide bonds. The van der Waals surface area contributed by atoms with Crippen molar-refractivity contribution in [2.45, 2.75) is 13.8 Å². The lowest BCUT2D eigenvalue weighted by Gasteiger charge is -2.05. The molecule has 0 aliphatic heterocycles. The average Bonchev–Trinajstić information content (AvgIpc) is 2.76. The van der Waals surface area contributed by atoms with Gasteiger partial charge in [0.05, 0.1) is 17.0 Å². The van der Waals surface area contributed by atoms with Crippen LogP contribution in [0.1, 0.15) is 17.0 Å². The molecule has 0 bridgehead atoms. The van der Waals surface area contributed by atoms with Crippen molar-refractivity contribution >= 4 is 5.65 Å². The second-order valence-corrected chi connectivity index (χ2v) is 4.63. The number of nitriles is 1. The first-order valence-corrected chi connectivity index (χ1v) is 6.21. The van der Waals surface area contributed by atoms with Crippen LogP contribution in [-0.4, -0.2) is 14.6 Å². The summed E-state index contributed by atoms with van der Waals surface area (Å²) >= 11 is 0. The summed E-state index contributed by atoms with van der Waals surface area (Å²) in [4.78, 5) is 17.0. The molecule has 0 aliphatic rings. The molecule has 0 atom stereocenters. The minimum Gasteiger partial charge on any atom is -0.293 e. The molecule has 2 aromatic heterocycles. The number of fused-ring (bicyclic) bond motifs is 1. The van der Waals surface area contributed by atoms with Crippen molar-refractivity contribution in [3.05, 3.63) is 57.6 Å². The quantitative estimate of drug-likeness (QED) is 0.732. The zero-order chi connectivity index (χ0) is 14.3. The minimum absolute atomic E-state index is 0.191. The molecule has 0 saturated carbocycles. The van der Waals surface area contributed by atoms with Gasteiger partial charge < -0.3 is 0 Å². The summed E-state index contributed by atoms with van der Waals surface area (Å²) in [6, 6.07) is 11.5. The van der Waals surface area contributed by atoms with E-state index in [1.165, 1.54) is 4.52 Å². The summed E-state index contributed by atoms with van der Waals surface area (Å²) in [6.45, 7) is 3.54. The van der Waals surface area contributed by atoms with Crippen LogP contribution < -0.4 is 5.56 Å². The molecule has 0 spiro atoms. The lowest BCUT2D eigenvalue weighted by atomic mass is 10.1. The Bertz CT molecular complexity index is 897. The molecule has 98 valence electrons. The molecule has 5 heteroatoms. The van der Waals surface area contributed by atoms with Crippen molar-refractivity contribution in [1.29, 1.82) is 5.26 Å². The molecule has 3 rings (SSSR count). The van der Waals surface area contributed by atoms with Crippen molar-refractivity contribution in [2.24, 2.45) is 0 Å². The number of rotatable bonds is 1. The van der Waals surface area contributed by atoms with E-state index in [-0.39, 0.29) is 5.56 Å². The first-order valence-electron chi connectivity index (χ1n) is 6.21. The lowest BCUT2D eigenvalue weighted by molar-refractivity contribution is 0.876. The van der Waals surface area contributed by atoms with Gasteiger partial charge in [-0.2, -0.15) is 9.78 Å². The van der Waals surface area contributed by atoms with Gasteiger partial charge in [-0.05, 0) is 19.4 Å². The van der Waals surface area contributed by atoms with Crippen molar-refractivity contribution in [3.63, 3.8) is 0 Å². The highest BCUT2D eigenvalue weighted by molar-refractivity contribution is 5.68. The Morgan fingerprint density at radius 1 is 1.25 bits per heavy atom. The molecule has 0 unspecified atom stereocenters. The van der Waals surface area contributed by atoms with Crippen LogP contribution in [-0.2, 0) is 0 Å². The van der Waals surface area contributed by atoms with Crippen molar-refractivity contribution in [2.75, 3.05) is 0 Å². The van der Waals surface area contributed by atoms with E-state index in [1.54, 1.807) is 13.8 Å². The van der Waals surface area contributed by atoms with E-state index in [1.807, 2.05) is 30.3 Å². The van der Waals surface area contributed by atoms with Crippen LogP contribution in [0.4, 0.5) is 0 Å². The molecule has 0 aliphatic carbocycles. The second-order valence-electron chi connectivity index (χ2n) is 4.63. The van der Waals surface area contributed by atoms with Gasteiger partial charge in [-0.3, -0.25) is 9.89 Å². The van der Waals surface area contributed by atoms with E-state index in [0.717, 1.165) is 5.56 Å². The summed E-state index contributed by atoms with van der Waals surface area (Å²) in [5.74, 6) is 0. The fraction of sp³-hybridized carbons (Fsp3) is 0.133. The summed E-state index contributed by atoms with van der Waals surface area (Å²) < 4.78 is 1.34. The van der Waals surface area contributed by atoms with Gasteiger partial charge in [0, 0.05) is 0 Å². The van der Waals surface area contributed by atoms with Crippen molar-refractivity contribution in [1.82, 2.24) is 14.6 Å². The first kappa shape index (κ1) is 12.2. The molecule has 1 N–H and O–H groups in total. The van der Waals surface area contributed by atoms with E-state index in [4.69, 9.17) is 5.26 Å². The van der Waals surface area contributed by atoms with E-state index in [2.05, 4.69) is 16.2 Å². The number of H-pyrrole nitrogens is 1. The van der Waals surface area contributed by atoms with Crippen LogP contribution in [0.15, 0.2) is 35.1 Å². The van der Waals surface area contributed by atoms with Crippen LogP contribution in [0.2, 0.25) is 0 Å². The fourth-order valence-corrected chi connectivity index (χ4v) is 2.36. The molecule has 0 fully saturated rings. The SMILES string of the molecule is Cc1nc2c(C#N)c(C)[nH]n2c(=O)c1-c1ccccc1. The highest BCUT2D eigenvalue weighted by Crippen LogP contribution is 2.20. The van der Waals surface area contributed by atoms with E-state index in [0.29, 0.717) is 28.2 Å². The largest absolute Gasteiger partial charge is 0.293 e. The first-order chi connectivity index (χ1) is 9.63. The number of benzene rings is 1. The smallest absolute Gasteiger partial charge is 0.280 e. The maximum absolute atomic E-state index is 12.6. The molecule has 20 heavy (non-hydrogen) atoms. The topological polar surface area (TPSA) is 73.9 Å². The number of aromatic nitrogens is 3. The van der Waals surface area contributed by atoms with Gasteiger partial charge in [-0.25, -0.2) is 4.98 Å². The highest BCUT2D eigenvalue weighted by atomic mass is 16.1. The minimum atomic E-state index is -0.191. The number of aromatic amines is 1. The Hall–Kier alpha value is -2.87. The van der Waals surface area contributed by atoms with Gasteiger partial charge in [0.1, 0.15) is 11.6 Å². The van der Waals surface area contributed by atoms with Gasteiger partial charge >= 0.3 is 0 Å². The number of hydrogen-bond acceptors (Lipinski definition) is 3. The third-order valence-electron chi connectivity index (χ3n) is 3.32. The molecular formula is C15H12N4O. The van der Waals surface area contributed by atoms with Gasteiger partial charge in [-0.15, -0.1) is 0 Å². The summed E-state index contributed by atoms with van der Waals surface area (Å²) in [6.07, 6.45) is 0. The Morgan fingerprint density at radius 2 is 1.95 bits per heavy atom. The normalized spacial score (nSPS) is 10.7. The van der Waals surface area contributed by atoms with E-state index >= 15 is 0 Å².